The van der Waals surface area contributed by atoms with Gasteiger partial charge in [-0.3, -0.25) is 4.79 Å². The SMILES string of the molecule is CCN(CC)S(=O)(=O)c1cccc(NC(=O)c2cc3c(s2)CCC3)c1. The van der Waals surface area contributed by atoms with Gasteiger partial charge in [-0.1, -0.05) is 19.9 Å². The summed E-state index contributed by atoms with van der Waals surface area (Å²) in [4.78, 5) is 14.6. The maximum Gasteiger partial charge on any atom is 0.265 e. The Morgan fingerprint density at radius 3 is 2.64 bits per heavy atom. The fraction of sp³-hybridized carbons (Fsp3) is 0.389. The zero-order valence-corrected chi connectivity index (χ0v) is 16.0. The smallest absolute Gasteiger partial charge is 0.265 e. The Labute approximate surface area is 152 Å². The van der Waals surface area contributed by atoms with Crippen LogP contribution in [0.3, 0.4) is 0 Å². The third kappa shape index (κ3) is 3.63. The molecule has 3 rings (SSSR count). The van der Waals surface area contributed by atoms with Gasteiger partial charge in [-0.15, -0.1) is 11.3 Å². The van der Waals surface area contributed by atoms with E-state index in [0.717, 1.165) is 19.3 Å². The number of hydrogen-bond acceptors (Lipinski definition) is 4. The molecule has 2 aromatic rings. The van der Waals surface area contributed by atoms with E-state index in [-0.39, 0.29) is 10.8 Å². The van der Waals surface area contributed by atoms with E-state index in [1.165, 1.54) is 32.1 Å². The highest BCUT2D eigenvalue weighted by molar-refractivity contribution is 7.89. The molecule has 0 saturated carbocycles. The van der Waals surface area contributed by atoms with E-state index in [4.69, 9.17) is 0 Å². The number of fused-ring (bicyclic) bond motifs is 1. The number of amides is 1. The van der Waals surface area contributed by atoms with Crippen LogP contribution in [0.15, 0.2) is 35.2 Å². The molecule has 0 bridgehead atoms. The van der Waals surface area contributed by atoms with Gasteiger partial charge in [0.2, 0.25) is 10.0 Å². The van der Waals surface area contributed by atoms with Crippen LogP contribution in [0.4, 0.5) is 5.69 Å². The first kappa shape index (κ1) is 18.1. The molecule has 1 heterocycles. The van der Waals surface area contributed by atoms with Crippen LogP contribution in [0.1, 0.15) is 40.4 Å². The maximum absolute atomic E-state index is 12.6. The van der Waals surface area contributed by atoms with Crippen LogP contribution >= 0.6 is 11.3 Å². The zero-order valence-electron chi connectivity index (χ0n) is 14.4. The van der Waals surface area contributed by atoms with Crippen molar-refractivity contribution in [2.45, 2.75) is 38.0 Å². The number of anilines is 1. The molecule has 0 fully saturated rings. The molecule has 1 aromatic carbocycles. The number of carbonyl (C=O) groups excluding carboxylic acids is 1. The minimum Gasteiger partial charge on any atom is -0.321 e. The quantitative estimate of drug-likeness (QED) is 0.836. The summed E-state index contributed by atoms with van der Waals surface area (Å²) < 4.78 is 26.6. The van der Waals surface area contributed by atoms with E-state index >= 15 is 0 Å². The van der Waals surface area contributed by atoms with Gasteiger partial charge in [-0.25, -0.2) is 8.42 Å². The minimum atomic E-state index is -3.54. The fourth-order valence-electron chi connectivity index (χ4n) is 3.08. The summed E-state index contributed by atoms with van der Waals surface area (Å²) in [5.74, 6) is -0.184. The predicted molar refractivity (Wildman–Crippen MR) is 101 cm³/mol. The van der Waals surface area contributed by atoms with Crippen LogP contribution in [-0.4, -0.2) is 31.7 Å². The molecule has 0 spiro atoms. The summed E-state index contributed by atoms with van der Waals surface area (Å²) in [6.45, 7) is 4.44. The van der Waals surface area contributed by atoms with Crippen molar-refractivity contribution in [3.05, 3.63) is 45.6 Å². The van der Waals surface area contributed by atoms with Crippen molar-refractivity contribution < 1.29 is 13.2 Å². The Hall–Kier alpha value is -1.70. The van der Waals surface area contributed by atoms with Crippen molar-refractivity contribution in [3.63, 3.8) is 0 Å². The molecule has 0 aliphatic heterocycles. The lowest BCUT2D eigenvalue weighted by molar-refractivity contribution is 0.103. The highest BCUT2D eigenvalue weighted by Crippen LogP contribution is 2.31. The zero-order chi connectivity index (χ0) is 18.0. The third-order valence-electron chi connectivity index (χ3n) is 4.41. The first-order valence-electron chi connectivity index (χ1n) is 8.48. The Bertz CT molecular complexity index is 862. The van der Waals surface area contributed by atoms with Crippen LogP contribution in [0.25, 0.3) is 0 Å². The number of nitrogens with zero attached hydrogens (tertiary/aromatic N) is 1. The van der Waals surface area contributed by atoms with Crippen molar-refractivity contribution in [1.29, 1.82) is 0 Å². The largest absolute Gasteiger partial charge is 0.321 e. The normalized spacial score (nSPS) is 13.9. The summed E-state index contributed by atoms with van der Waals surface area (Å²) in [7, 11) is -3.54. The van der Waals surface area contributed by atoms with Gasteiger partial charge in [0, 0.05) is 23.7 Å². The monoisotopic (exact) mass is 378 g/mol. The van der Waals surface area contributed by atoms with E-state index in [1.807, 2.05) is 19.9 Å². The maximum atomic E-state index is 12.6. The van der Waals surface area contributed by atoms with Crippen LogP contribution < -0.4 is 5.32 Å². The number of thiophene rings is 1. The molecule has 5 nitrogen and oxygen atoms in total. The van der Waals surface area contributed by atoms with E-state index in [2.05, 4.69) is 5.32 Å². The molecule has 25 heavy (non-hydrogen) atoms. The average Bonchev–Trinajstić information content (AvgIpc) is 3.17. The third-order valence-corrected chi connectivity index (χ3v) is 7.69. The number of hydrogen-bond donors (Lipinski definition) is 1. The first-order valence-corrected chi connectivity index (χ1v) is 10.7. The number of rotatable bonds is 6. The van der Waals surface area contributed by atoms with Crippen molar-refractivity contribution >= 4 is 33.0 Å². The van der Waals surface area contributed by atoms with Crippen LogP contribution in [0, 0.1) is 0 Å². The van der Waals surface area contributed by atoms with E-state index in [1.54, 1.807) is 18.2 Å². The van der Waals surface area contributed by atoms with Gasteiger partial charge in [-0.2, -0.15) is 4.31 Å². The molecule has 0 unspecified atom stereocenters. The standard InChI is InChI=1S/C18H22N2O3S2/c1-3-20(4-2)25(22,23)15-9-6-8-14(12-15)19-18(21)17-11-13-7-5-10-16(13)24-17/h6,8-9,11-12H,3-5,7,10H2,1-2H3,(H,19,21). The lowest BCUT2D eigenvalue weighted by Crippen LogP contribution is -2.30. The molecule has 7 heteroatoms. The fourth-order valence-corrected chi connectivity index (χ4v) is 5.73. The molecule has 0 saturated heterocycles. The summed E-state index contributed by atoms with van der Waals surface area (Å²) in [5, 5.41) is 2.82. The Morgan fingerprint density at radius 2 is 1.96 bits per heavy atom. The lowest BCUT2D eigenvalue weighted by atomic mass is 10.2. The number of benzene rings is 1. The molecule has 134 valence electrons. The molecular weight excluding hydrogens is 356 g/mol. The summed E-state index contributed by atoms with van der Waals surface area (Å²) in [6, 6.07) is 8.40. The van der Waals surface area contributed by atoms with Gasteiger partial charge in [0.1, 0.15) is 0 Å². The topological polar surface area (TPSA) is 66.5 Å². The molecule has 1 N–H and O–H groups in total. The minimum absolute atomic E-state index is 0.184. The second-order valence-corrected chi connectivity index (χ2v) is 9.06. The molecule has 1 amide bonds. The number of aryl methyl sites for hydroxylation is 2. The number of carbonyl (C=O) groups is 1. The van der Waals surface area contributed by atoms with Gasteiger partial charge in [0.05, 0.1) is 9.77 Å². The van der Waals surface area contributed by atoms with E-state index in [0.29, 0.717) is 23.7 Å². The molecule has 1 aliphatic rings. The molecule has 0 radical (unpaired) electrons. The van der Waals surface area contributed by atoms with Crippen molar-refractivity contribution in [1.82, 2.24) is 4.31 Å². The van der Waals surface area contributed by atoms with Crippen LogP contribution in [0.5, 0.6) is 0 Å². The van der Waals surface area contributed by atoms with Crippen molar-refractivity contribution in [3.8, 4) is 0 Å². The Kier molecular flexibility index (Phi) is 5.27. The average molecular weight is 379 g/mol. The highest BCUT2D eigenvalue weighted by Gasteiger charge is 2.22. The number of sulfonamides is 1. The van der Waals surface area contributed by atoms with Gasteiger partial charge >= 0.3 is 0 Å². The Balaban J connectivity index is 1.80. The van der Waals surface area contributed by atoms with Crippen molar-refractivity contribution in [2.75, 3.05) is 18.4 Å². The van der Waals surface area contributed by atoms with Crippen LogP contribution in [-0.2, 0) is 22.9 Å². The van der Waals surface area contributed by atoms with Crippen LogP contribution in [0.2, 0.25) is 0 Å². The predicted octanol–water partition coefficient (Wildman–Crippen LogP) is 3.52. The molecule has 1 aliphatic carbocycles. The lowest BCUT2D eigenvalue weighted by Gasteiger charge is -2.18. The molecule has 0 atom stereocenters. The van der Waals surface area contributed by atoms with Gasteiger partial charge < -0.3 is 5.32 Å². The first-order chi connectivity index (χ1) is 12.0. The van der Waals surface area contributed by atoms with Crippen molar-refractivity contribution in [2.24, 2.45) is 0 Å². The second-order valence-electron chi connectivity index (χ2n) is 5.98. The summed E-state index contributed by atoms with van der Waals surface area (Å²) >= 11 is 1.53. The van der Waals surface area contributed by atoms with E-state index < -0.39 is 10.0 Å². The van der Waals surface area contributed by atoms with Gasteiger partial charge in [0.15, 0.2) is 0 Å². The highest BCUT2D eigenvalue weighted by atomic mass is 32.2. The molecule has 1 aromatic heterocycles. The Morgan fingerprint density at radius 1 is 1.20 bits per heavy atom. The summed E-state index contributed by atoms with van der Waals surface area (Å²) in [6.07, 6.45) is 3.25. The van der Waals surface area contributed by atoms with Gasteiger partial charge in [-0.05, 0) is 49.1 Å². The molecular formula is C18H22N2O3S2. The number of nitrogens with one attached hydrogen (secondary N) is 1. The van der Waals surface area contributed by atoms with E-state index in [9.17, 15) is 13.2 Å². The second kappa shape index (κ2) is 7.27. The van der Waals surface area contributed by atoms with Gasteiger partial charge in [0.25, 0.3) is 5.91 Å². The summed E-state index contributed by atoms with van der Waals surface area (Å²) in [5.41, 5.74) is 1.76.